The van der Waals surface area contributed by atoms with Gasteiger partial charge in [0, 0.05) is 16.8 Å². The minimum absolute atomic E-state index is 0.0194. The van der Waals surface area contributed by atoms with E-state index >= 15 is 0 Å². The number of nitro groups is 1. The van der Waals surface area contributed by atoms with Gasteiger partial charge in [-0.05, 0) is 49.6 Å². The maximum atomic E-state index is 13.4. The fourth-order valence-electron chi connectivity index (χ4n) is 4.25. The lowest BCUT2D eigenvalue weighted by molar-refractivity contribution is -0.384. The number of aliphatic imine (C=N–C) groups is 1. The number of aryl methyl sites for hydroxylation is 1. The van der Waals surface area contributed by atoms with E-state index in [-0.39, 0.29) is 33.7 Å². The lowest BCUT2D eigenvalue weighted by Gasteiger charge is -2.19. The van der Waals surface area contributed by atoms with E-state index in [2.05, 4.69) is 10.6 Å². The van der Waals surface area contributed by atoms with Crippen LogP contribution in [0.25, 0.3) is 0 Å². The first-order valence-corrected chi connectivity index (χ1v) is 13.3. The molecule has 2 aromatic rings. The van der Waals surface area contributed by atoms with Crippen molar-refractivity contribution in [3.63, 3.8) is 0 Å². The third-order valence-corrected chi connectivity index (χ3v) is 7.93. The van der Waals surface area contributed by atoms with Crippen molar-refractivity contribution >= 4 is 68.9 Å². The molecular weight excluding hydrogens is 537 g/mol. The number of rotatable bonds is 6. The molecule has 1 aliphatic carbocycles. The lowest BCUT2D eigenvalue weighted by Crippen LogP contribution is -2.29. The molecule has 0 saturated heterocycles. The fourth-order valence-corrected chi connectivity index (χ4v) is 5.88. The number of carbonyl (C=O) groups is 2. The molecule has 194 valence electrons. The van der Waals surface area contributed by atoms with Gasteiger partial charge in [-0.15, -0.1) is 0 Å². The summed E-state index contributed by atoms with van der Waals surface area (Å²) in [6, 6.07) is 9.19. The predicted molar refractivity (Wildman–Crippen MR) is 148 cm³/mol. The zero-order valence-electron chi connectivity index (χ0n) is 19.9. The molecule has 1 heterocycles. The average molecular weight is 562 g/mol. The molecule has 4 N–H and O–H groups in total. The zero-order valence-corrected chi connectivity index (χ0v) is 22.3. The minimum atomic E-state index is -0.996. The Hall–Kier alpha value is -3.08. The number of halogens is 2. The van der Waals surface area contributed by atoms with Crippen LogP contribution in [-0.2, 0) is 9.59 Å². The first kappa shape index (κ1) is 27.0. The molecule has 1 fully saturated rings. The Morgan fingerprint density at radius 3 is 2.46 bits per heavy atom. The smallest absolute Gasteiger partial charge is 0.293 e. The normalized spacial score (nSPS) is 19.2. The van der Waals surface area contributed by atoms with Crippen LogP contribution < -0.4 is 16.4 Å². The van der Waals surface area contributed by atoms with Crippen LogP contribution in [-0.4, -0.2) is 33.1 Å². The Kier molecular flexibility index (Phi) is 8.41. The number of hydrogen-bond acceptors (Lipinski definition) is 7. The molecule has 0 bridgehead atoms. The molecular formula is C25H25Cl2N5O4S. The largest absolute Gasteiger partial charge is 0.400 e. The Bertz CT molecular complexity index is 1320. The summed E-state index contributed by atoms with van der Waals surface area (Å²) in [5, 5.41) is 16.9. The third-order valence-electron chi connectivity index (χ3n) is 6.14. The maximum Gasteiger partial charge on any atom is 0.293 e. The Balaban J connectivity index is 1.65. The van der Waals surface area contributed by atoms with Crippen molar-refractivity contribution in [1.29, 1.82) is 0 Å². The molecule has 37 heavy (non-hydrogen) atoms. The molecule has 0 spiro atoms. The second-order valence-electron chi connectivity index (χ2n) is 8.90. The van der Waals surface area contributed by atoms with Crippen LogP contribution in [0.2, 0.25) is 10.0 Å². The SMILES string of the molecule is Cc1ccc(NC(=O)C2SC(=NC3CCCCC3)C(C(=O)Nc3ccc(Cl)cc3Cl)=C2N)c([N+](=O)[O-])c1. The third kappa shape index (κ3) is 6.26. The molecule has 1 aliphatic heterocycles. The van der Waals surface area contributed by atoms with E-state index in [9.17, 15) is 19.7 Å². The van der Waals surface area contributed by atoms with Gasteiger partial charge in [0.05, 0.1) is 27.2 Å². The van der Waals surface area contributed by atoms with Gasteiger partial charge in [0.2, 0.25) is 5.91 Å². The number of nitrogens with two attached hydrogens (primary N) is 1. The summed E-state index contributed by atoms with van der Waals surface area (Å²) in [6.07, 6.45) is 4.97. The molecule has 0 radical (unpaired) electrons. The van der Waals surface area contributed by atoms with Gasteiger partial charge < -0.3 is 16.4 Å². The highest BCUT2D eigenvalue weighted by atomic mass is 35.5. The van der Waals surface area contributed by atoms with Gasteiger partial charge in [0.25, 0.3) is 11.6 Å². The highest BCUT2D eigenvalue weighted by molar-refractivity contribution is 8.16. The number of anilines is 2. The molecule has 1 atom stereocenters. The monoisotopic (exact) mass is 561 g/mol. The van der Waals surface area contributed by atoms with Crippen LogP contribution in [0.15, 0.2) is 52.7 Å². The van der Waals surface area contributed by atoms with Crippen molar-refractivity contribution in [3.05, 3.63) is 73.4 Å². The first-order valence-electron chi connectivity index (χ1n) is 11.7. The standard InChI is InChI=1S/C25H25Cl2N5O4S/c1-13-7-9-18(19(11-13)32(35)36)31-24(34)22-21(28)20(25(37-22)29-15-5-3-2-4-6-15)23(33)30-17-10-8-14(26)12-16(17)27/h7-12,15,22H,2-6,28H2,1H3,(H,30,33)(H,31,34). The lowest BCUT2D eigenvalue weighted by atomic mass is 9.96. The highest BCUT2D eigenvalue weighted by Gasteiger charge is 2.39. The second-order valence-corrected chi connectivity index (χ2v) is 10.8. The Labute approximate surface area is 228 Å². The summed E-state index contributed by atoms with van der Waals surface area (Å²) in [5.41, 5.74) is 7.33. The van der Waals surface area contributed by atoms with Crippen LogP contribution >= 0.6 is 35.0 Å². The summed E-state index contributed by atoms with van der Waals surface area (Å²) in [7, 11) is 0. The van der Waals surface area contributed by atoms with Crippen molar-refractivity contribution in [1.82, 2.24) is 0 Å². The quantitative estimate of drug-likeness (QED) is 0.298. The highest BCUT2D eigenvalue weighted by Crippen LogP contribution is 2.37. The fraction of sp³-hybridized carbons (Fsp3) is 0.320. The summed E-state index contributed by atoms with van der Waals surface area (Å²) in [6.45, 7) is 1.72. The molecule has 12 heteroatoms. The average Bonchev–Trinajstić information content (AvgIpc) is 3.18. The van der Waals surface area contributed by atoms with Crippen LogP contribution in [0.4, 0.5) is 17.1 Å². The number of nitrogens with one attached hydrogen (secondary N) is 2. The number of nitrogens with zero attached hydrogens (tertiary/aromatic N) is 2. The number of hydrogen-bond donors (Lipinski definition) is 3. The van der Waals surface area contributed by atoms with Crippen LogP contribution in [0.1, 0.15) is 37.7 Å². The van der Waals surface area contributed by atoms with E-state index < -0.39 is 22.0 Å². The van der Waals surface area contributed by atoms with Crippen LogP contribution in [0.3, 0.4) is 0 Å². The molecule has 2 aliphatic rings. The van der Waals surface area contributed by atoms with Gasteiger partial charge >= 0.3 is 0 Å². The van der Waals surface area contributed by atoms with Crippen molar-refractivity contribution in [2.45, 2.75) is 50.3 Å². The zero-order chi connectivity index (χ0) is 26.7. The summed E-state index contributed by atoms with van der Waals surface area (Å²) >= 11 is 13.3. The van der Waals surface area contributed by atoms with E-state index in [1.165, 1.54) is 18.2 Å². The minimum Gasteiger partial charge on any atom is -0.400 e. The number of nitro benzene ring substituents is 1. The van der Waals surface area contributed by atoms with Crippen molar-refractivity contribution in [2.24, 2.45) is 10.7 Å². The molecule has 2 amide bonds. The Morgan fingerprint density at radius 1 is 1.08 bits per heavy atom. The van der Waals surface area contributed by atoms with Gasteiger partial charge in [0.15, 0.2) is 0 Å². The number of carbonyl (C=O) groups excluding carboxylic acids is 2. The summed E-state index contributed by atoms with van der Waals surface area (Å²) < 4.78 is 0. The van der Waals surface area contributed by atoms with E-state index in [1.54, 1.807) is 25.1 Å². The van der Waals surface area contributed by atoms with E-state index in [4.69, 9.17) is 33.9 Å². The van der Waals surface area contributed by atoms with E-state index in [0.717, 1.165) is 43.9 Å². The van der Waals surface area contributed by atoms with E-state index in [1.807, 2.05) is 0 Å². The molecule has 9 nitrogen and oxygen atoms in total. The predicted octanol–water partition coefficient (Wildman–Crippen LogP) is 5.85. The Morgan fingerprint density at radius 2 is 1.78 bits per heavy atom. The maximum absolute atomic E-state index is 13.4. The van der Waals surface area contributed by atoms with Crippen LogP contribution in [0, 0.1) is 17.0 Å². The van der Waals surface area contributed by atoms with Gasteiger partial charge in [-0.1, -0.05) is 60.3 Å². The van der Waals surface area contributed by atoms with Gasteiger partial charge in [0.1, 0.15) is 16.0 Å². The van der Waals surface area contributed by atoms with Gasteiger partial charge in [-0.3, -0.25) is 24.7 Å². The number of benzene rings is 2. The summed E-state index contributed by atoms with van der Waals surface area (Å²) in [5.74, 6) is -1.14. The molecule has 4 rings (SSSR count). The second kappa shape index (κ2) is 11.5. The molecule has 1 unspecified atom stereocenters. The first-order chi connectivity index (χ1) is 17.6. The molecule has 0 aromatic heterocycles. The number of amides is 2. The summed E-state index contributed by atoms with van der Waals surface area (Å²) in [4.78, 5) is 42.4. The van der Waals surface area contributed by atoms with Crippen molar-refractivity contribution in [2.75, 3.05) is 10.6 Å². The topological polar surface area (TPSA) is 140 Å². The van der Waals surface area contributed by atoms with Gasteiger partial charge in [-0.2, -0.15) is 0 Å². The van der Waals surface area contributed by atoms with Crippen molar-refractivity contribution < 1.29 is 14.5 Å². The van der Waals surface area contributed by atoms with Crippen LogP contribution in [0.5, 0.6) is 0 Å². The molecule has 1 saturated carbocycles. The van der Waals surface area contributed by atoms with Gasteiger partial charge in [-0.25, -0.2) is 0 Å². The molecule has 2 aromatic carbocycles. The number of thioether (sulfide) groups is 1. The van der Waals surface area contributed by atoms with E-state index in [0.29, 0.717) is 21.3 Å². The van der Waals surface area contributed by atoms with Crippen molar-refractivity contribution in [3.8, 4) is 0 Å².